The standard InChI is InChI=1S/C9H13BrN2/c1-4-7-8(6(2)3)9(10)12-5-11-7/h5-6H,4H2,1-3H3. The fourth-order valence-electron chi connectivity index (χ4n) is 1.26. The molecule has 0 unspecified atom stereocenters. The molecule has 0 saturated heterocycles. The molecule has 0 aliphatic heterocycles. The van der Waals surface area contributed by atoms with Crippen LogP contribution in [0.4, 0.5) is 0 Å². The van der Waals surface area contributed by atoms with Crippen molar-refractivity contribution >= 4 is 15.9 Å². The van der Waals surface area contributed by atoms with Crippen molar-refractivity contribution in [3.8, 4) is 0 Å². The second-order valence-electron chi connectivity index (χ2n) is 3.03. The maximum atomic E-state index is 4.24. The lowest BCUT2D eigenvalue weighted by molar-refractivity contribution is 0.799. The number of hydrogen-bond acceptors (Lipinski definition) is 2. The van der Waals surface area contributed by atoms with Crippen LogP contribution in [0.1, 0.15) is 37.9 Å². The van der Waals surface area contributed by atoms with Crippen molar-refractivity contribution in [1.29, 1.82) is 0 Å². The third-order valence-corrected chi connectivity index (χ3v) is 2.46. The van der Waals surface area contributed by atoms with Crippen molar-refractivity contribution in [3.05, 3.63) is 22.2 Å². The molecule has 0 radical (unpaired) electrons. The molecule has 1 heterocycles. The van der Waals surface area contributed by atoms with Gasteiger partial charge in [0.05, 0.1) is 0 Å². The van der Waals surface area contributed by atoms with Crippen LogP contribution in [-0.2, 0) is 6.42 Å². The van der Waals surface area contributed by atoms with Crippen molar-refractivity contribution in [2.24, 2.45) is 0 Å². The lowest BCUT2D eigenvalue weighted by atomic mass is 10.0. The molecule has 0 aromatic carbocycles. The number of aromatic nitrogens is 2. The third kappa shape index (κ3) is 1.83. The molecule has 12 heavy (non-hydrogen) atoms. The predicted molar refractivity (Wildman–Crippen MR) is 53.2 cm³/mol. The number of halogens is 1. The van der Waals surface area contributed by atoms with Crippen LogP contribution < -0.4 is 0 Å². The van der Waals surface area contributed by atoms with Crippen LogP contribution >= 0.6 is 15.9 Å². The van der Waals surface area contributed by atoms with Crippen molar-refractivity contribution in [1.82, 2.24) is 9.97 Å². The van der Waals surface area contributed by atoms with Gasteiger partial charge in [-0.05, 0) is 28.3 Å². The minimum Gasteiger partial charge on any atom is -0.241 e. The van der Waals surface area contributed by atoms with E-state index in [0.717, 1.165) is 16.7 Å². The van der Waals surface area contributed by atoms with Crippen LogP contribution in [-0.4, -0.2) is 9.97 Å². The van der Waals surface area contributed by atoms with Gasteiger partial charge in [0, 0.05) is 11.3 Å². The summed E-state index contributed by atoms with van der Waals surface area (Å²) in [5.41, 5.74) is 2.38. The van der Waals surface area contributed by atoms with Crippen LogP contribution in [0, 0.1) is 0 Å². The van der Waals surface area contributed by atoms with E-state index in [1.165, 1.54) is 5.56 Å². The summed E-state index contributed by atoms with van der Waals surface area (Å²) in [5.74, 6) is 0.482. The Kier molecular flexibility index (Phi) is 3.20. The number of aryl methyl sites for hydroxylation is 1. The lowest BCUT2D eigenvalue weighted by Gasteiger charge is -2.10. The number of hydrogen-bond donors (Lipinski definition) is 0. The SMILES string of the molecule is CCc1ncnc(Br)c1C(C)C. The fraction of sp³-hybridized carbons (Fsp3) is 0.556. The monoisotopic (exact) mass is 228 g/mol. The molecule has 0 spiro atoms. The molecule has 0 saturated carbocycles. The molecule has 66 valence electrons. The zero-order valence-electron chi connectivity index (χ0n) is 7.63. The molecule has 1 rings (SSSR count). The van der Waals surface area contributed by atoms with Gasteiger partial charge in [0.1, 0.15) is 10.9 Å². The van der Waals surface area contributed by atoms with Gasteiger partial charge in [0.2, 0.25) is 0 Å². The van der Waals surface area contributed by atoms with Crippen LogP contribution in [0.3, 0.4) is 0 Å². The van der Waals surface area contributed by atoms with Crippen molar-refractivity contribution in [2.45, 2.75) is 33.1 Å². The minimum atomic E-state index is 0.482. The second-order valence-corrected chi connectivity index (χ2v) is 3.78. The third-order valence-electron chi connectivity index (χ3n) is 1.83. The molecular weight excluding hydrogens is 216 g/mol. The van der Waals surface area contributed by atoms with Crippen LogP contribution in [0.15, 0.2) is 10.9 Å². The largest absolute Gasteiger partial charge is 0.241 e. The minimum absolute atomic E-state index is 0.482. The molecule has 0 bridgehead atoms. The molecule has 1 aromatic rings. The fourth-order valence-corrected chi connectivity index (χ4v) is 2.04. The Balaban J connectivity index is 3.20. The smallest absolute Gasteiger partial charge is 0.116 e. The van der Waals surface area contributed by atoms with E-state index in [1.807, 2.05) is 0 Å². The first-order valence-electron chi connectivity index (χ1n) is 4.16. The first-order chi connectivity index (χ1) is 5.66. The van der Waals surface area contributed by atoms with Gasteiger partial charge < -0.3 is 0 Å². The Bertz CT molecular complexity index is 271. The Labute approximate surface area is 81.6 Å². The summed E-state index contributed by atoms with van der Waals surface area (Å²) in [5, 5.41) is 0. The Morgan fingerprint density at radius 3 is 2.50 bits per heavy atom. The highest BCUT2D eigenvalue weighted by Gasteiger charge is 2.10. The molecule has 0 amide bonds. The van der Waals surface area contributed by atoms with E-state index in [1.54, 1.807) is 6.33 Å². The first kappa shape index (κ1) is 9.65. The van der Waals surface area contributed by atoms with E-state index in [9.17, 15) is 0 Å². The number of nitrogens with zero attached hydrogens (tertiary/aromatic N) is 2. The molecule has 0 aliphatic carbocycles. The summed E-state index contributed by atoms with van der Waals surface area (Å²) >= 11 is 3.44. The van der Waals surface area contributed by atoms with Gasteiger partial charge in [-0.3, -0.25) is 0 Å². The highest BCUT2D eigenvalue weighted by molar-refractivity contribution is 9.10. The Morgan fingerprint density at radius 1 is 1.42 bits per heavy atom. The van der Waals surface area contributed by atoms with Crippen molar-refractivity contribution in [2.75, 3.05) is 0 Å². The van der Waals surface area contributed by atoms with Crippen LogP contribution in [0.25, 0.3) is 0 Å². The molecule has 1 aromatic heterocycles. The van der Waals surface area contributed by atoms with Gasteiger partial charge in [-0.15, -0.1) is 0 Å². The zero-order valence-corrected chi connectivity index (χ0v) is 9.22. The second kappa shape index (κ2) is 3.99. The molecule has 0 atom stereocenters. The normalized spacial score (nSPS) is 10.8. The van der Waals surface area contributed by atoms with Gasteiger partial charge >= 0.3 is 0 Å². The first-order valence-corrected chi connectivity index (χ1v) is 4.95. The molecule has 0 fully saturated rings. The molecular formula is C9H13BrN2. The molecule has 2 nitrogen and oxygen atoms in total. The summed E-state index contributed by atoms with van der Waals surface area (Å²) in [6.07, 6.45) is 2.57. The highest BCUT2D eigenvalue weighted by atomic mass is 79.9. The molecule has 0 aliphatic rings. The van der Waals surface area contributed by atoms with Gasteiger partial charge in [-0.1, -0.05) is 20.8 Å². The topological polar surface area (TPSA) is 25.8 Å². The molecule has 0 N–H and O–H groups in total. The van der Waals surface area contributed by atoms with E-state index in [2.05, 4.69) is 46.7 Å². The average Bonchev–Trinajstić information content (AvgIpc) is 2.03. The van der Waals surface area contributed by atoms with Crippen molar-refractivity contribution < 1.29 is 0 Å². The van der Waals surface area contributed by atoms with Crippen LogP contribution in [0.5, 0.6) is 0 Å². The summed E-state index contributed by atoms with van der Waals surface area (Å²) in [6, 6.07) is 0. The van der Waals surface area contributed by atoms with Gasteiger partial charge in [-0.2, -0.15) is 0 Å². The lowest BCUT2D eigenvalue weighted by Crippen LogP contribution is -2.01. The quantitative estimate of drug-likeness (QED) is 0.728. The summed E-state index contributed by atoms with van der Waals surface area (Å²) in [4.78, 5) is 8.35. The highest BCUT2D eigenvalue weighted by Crippen LogP contribution is 2.24. The number of rotatable bonds is 2. The van der Waals surface area contributed by atoms with Crippen LogP contribution in [0.2, 0.25) is 0 Å². The Hall–Kier alpha value is -0.440. The summed E-state index contributed by atoms with van der Waals surface area (Å²) in [6.45, 7) is 6.42. The average molecular weight is 229 g/mol. The van der Waals surface area contributed by atoms with Gasteiger partial charge in [0.25, 0.3) is 0 Å². The summed E-state index contributed by atoms with van der Waals surface area (Å²) < 4.78 is 0.935. The predicted octanol–water partition coefficient (Wildman–Crippen LogP) is 2.92. The van der Waals surface area contributed by atoms with E-state index >= 15 is 0 Å². The van der Waals surface area contributed by atoms with E-state index < -0.39 is 0 Å². The van der Waals surface area contributed by atoms with E-state index in [-0.39, 0.29) is 0 Å². The zero-order chi connectivity index (χ0) is 9.14. The summed E-state index contributed by atoms with van der Waals surface area (Å²) in [7, 11) is 0. The Morgan fingerprint density at radius 2 is 2.08 bits per heavy atom. The van der Waals surface area contributed by atoms with E-state index in [4.69, 9.17) is 0 Å². The molecule has 3 heteroatoms. The maximum absolute atomic E-state index is 4.24. The maximum Gasteiger partial charge on any atom is 0.116 e. The van der Waals surface area contributed by atoms with Gasteiger partial charge in [-0.25, -0.2) is 9.97 Å². The van der Waals surface area contributed by atoms with Gasteiger partial charge in [0.15, 0.2) is 0 Å². The van der Waals surface area contributed by atoms with Crippen molar-refractivity contribution in [3.63, 3.8) is 0 Å². The van der Waals surface area contributed by atoms with E-state index in [0.29, 0.717) is 5.92 Å².